The van der Waals surface area contributed by atoms with Crippen LogP contribution in [0.4, 0.5) is 38.5 Å². The van der Waals surface area contributed by atoms with Crippen molar-refractivity contribution in [3.63, 3.8) is 0 Å². The minimum atomic E-state index is -1.09. The number of aliphatic hydroxyl groups excluding tert-OH is 1. The lowest BCUT2D eigenvalue weighted by molar-refractivity contribution is -0.396. The minimum Gasteiger partial charge on any atom is -0.484 e. The van der Waals surface area contributed by atoms with Crippen LogP contribution in [0.25, 0.3) is 0 Å². The Labute approximate surface area is 837 Å². The lowest BCUT2D eigenvalue weighted by Gasteiger charge is -2.41. The molecule has 2 aliphatic carbocycles. The van der Waals surface area contributed by atoms with Crippen LogP contribution in [0, 0.1) is 83.6 Å². The molecular weight excluding hydrogens is 1890 g/mol. The van der Waals surface area contributed by atoms with E-state index in [2.05, 4.69) is 36.6 Å². The number of carbonyl (C=O) groups is 14. The Morgan fingerprint density at radius 2 is 1.06 bits per heavy atom. The van der Waals surface area contributed by atoms with Gasteiger partial charge in [-0.2, -0.15) is 0 Å². The number of Topliss-reactive ketones (excluding diaryl/α,β-unsaturated/α-hetero) is 1. The van der Waals surface area contributed by atoms with Crippen LogP contribution in [0.15, 0.2) is 128 Å². The van der Waals surface area contributed by atoms with E-state index >= 15 is 0 Å². The van der Waals surface area contributed by atoms with Crippen molar-refractivity contribution in [2.75, 3.05) is 71.7 Å². The van der Waals surface area contributed by atoms with Gasteiger partial charge in [0.05, 0.1) is 98.3 Å². The maximum atomic E-state index is 14.9. The molecular formula is C100H129N17O28. The lowest BCUT2D eigenvalue weighted by atomic mass is 9.81. The summed E-state index contributed by atoms with van der Waals surface area (Å²) in [6.07, 6.45) is 9.33. The highest BCUT2D eigenvalue weighted by molar-refractivity contribution is 6.13. The Bertz CT molecular complexity index is 5690. The number of methoxy groups -OCH3 is 2. The zero-order valence-electron chi connectivity index (χ0n) is 83.8. The van der Waals surface area contributed by atoms with Crippen molar-refractivity contribution >= 4 is 112 Å². The standard InChI is InChI=1S/C67H96N10O16.C33H33N7O12/c1-14-41(6)60(54(90-12)33-58(82)75-30-18-21-51(75)62(91-13)42(7)63(84)70-43(8)61(83)46-19-16-15-17-20-46)73(10)65(86)49(39(2)3)32-52(78)59(40(4)5)74(11)67(87)93-37-45-24-27-53(92-38-48-34-69-66(72(48)9)77(88)89)50(31-45)71-55(79)35-68-64(85)47-25-22-44(23-26-47)36-76-56(80)28-29-57(76)81;1-37-24(15-35-32(37)40(48)49)19-50-27-11-4-21(18-51-33(45)52-25-9-7-23(8-10-25)39(46)47)14-26(27)36-28(41)16-34-31(44)22-5-2-20(3-6-22)17-38-29(42)12-13-30(38)43/h15-17,19-20,24,27-29,31,34,39-44,47,49,51,54,59-62,83H,14,18,21-23,25-26,30,32-33,35-38H2,1-13H3,(H,68,85)(H,70,84)(H,71,79);4,7-15,20,22H,2-3,5-6,16-19H2,1H3,(H,34,44)(H,36,41)/t41-,42+,43+,44?,47?,49-,51-,54+,59-,60-,61+,62+;/m0./s1. The number of hydrogen-bond donors (Lipinski definition) is 6. The fourth-order valence-corrected chi connectivity index (χ4v) is 18.7. The van der Waals surface area contributed by atoms with Gasteiger partial charge in [-0.1, -0.05) is 107 Å². The molecule has 2 saturated carbocycles. The lowest BCUT2D eigenvalue weighted by Crippen LogP contribution is -2.55. The van der Waals surface area contributed by atoms with Crippen LogP contribution in [0.2, 0.25) is 0 Å². The number of ether oxygens (including phenoxy) is 7. The molecule has 5 aliphatic rings. The monoisotopic (exact) mass is 2020 g/mol. The van der Waals surface area contributed by atoms with Gasteiger partial charge >= 0.3 is 24.1 Å². The summed E-state index contributed by atoms with van der Waals surface area (Å²) in [6.45, 7) is 13.9. The summed E-state index contributed by atoms with van der Waals surface area (Å²) in [5.74, 6) is -8.10. The third kappa shape index (κ3) is 30.2. The van der Waals surface area contributed by atoms with Crippen LogP contribution in [-0.2, 0) is 117 Å². The number of carbonyl (C=O) groups excluding carboxylic acids is 14. The van der Waals surface area contributed by atoms with E-state index in [9.17, 15) is 103 Å². The van der Waals surface area contributed by atoms with Crippen molar-refractivity contribution in [2.45, 2.75) is 208 Å². The summed E-state index contributed by atoms with van der Waals surface area (Å²) in [5, 5.41) is 58.2. The first-order valence-corrected chi connectivity index (χ1v) is 48.2. The second-order valence-electron chi connectivity index (χ2n) is 37.7. The van der Waals surface area contributed by atoms with E-state index in [-0.39, 0.29) is 175 Å². The molecule has 782 valence electrons. The summed E-state index contributed by atoms with van der Waals surface area (Å²) in [6, 6.07) is 20.3. The Hall–Kier alpha value is -14.8. The minimum absolute atomic E-state index is 0.0189. The van der Waals surface area contributed by atoms with Crippen molar-refractivity contribution in [1.29, 1.82) is 0 Å². The molecule has 11 rings (SSSR count). The number of anilines is 2. The predicted molar refractivity (Wildman–Crippen MR) is 521 cm³/mol. The number of imidazole rings is 2. The van der Waals surface area contributed by atoms with E-state index in [1.165, 1.54) is 132 Å². The number of nitro groups is 3. The van der Waals surface area contributed by atoms with Crippen LogP contribution < -0.4 is 40.8 Å². The highest BCUT2D eigenvalue weighted by Gasteiger charge is 2.46. The van der Waals surface area contributed by atoms with Crippen LogP contribution in [-0.4, -0.2) is 244 Å². The fraction of sp³-hybridized carbons (Fsp3) is 0.520. The van der Waals surface area contributed by atoms with Gasteiger partial charge in [0, 0.05) is 109 Å². The van der Waals surface area contributed by atoms with E-state index in [1.807, 2.05) is 45.9 Å². The largest absolute Gasteiger partial charge is 0.514 e. The number of rotatable bonds is 47. The fourth-order valence-electron chi connectivity index (χ4n) is 18.7. The third-order valence-corrected chi connectivity index (χ3v) is 27.2. The highest BCUT2D eigenvalue weighted by atomic mass is 16.7. The molecule has 0 radical (unpaired) electrons. The van der Waals surface area contributed by atoms with E-state index in [0.717, 1.165) is 12.1 Å². The van der Waals surface area contributed by atoms with Crippen LogP contribution in [0.5, 0.6) is 17.2 Å². The van der Waals surface area contributed by atoms with Crippen molar-refractivity contribution in [1.82, 2.24) is 59.6 Å². The average molecular weight is 2020 g/mol. The molecule has 5 heterocycles. The number of likely N-dealkylation sites (tertiary alicyclic amines) is 1. The number of nitro benzene ring substituents is 1. The maximum absolute atomic E-state index is 14.9. The summed E-state index contributed by atoms with van der Waals surface area (Å²) < 4.78 is 42.5. The molecule has 3 fully saturated rings. The number of benzene rings is 4. The quantitative estimate of drug-likeness (QED) is 0.00680. The smallest absolute Gasteiger partial charge is 0.484 e. The Kier molecular flexibility index (Phi) is 40.6. The number of aliphatic hydroxyl groups is 1. The molecule has 6 N–H and O–H groups in total. The van der Waals surface area contributed by atoms with Gasteiger partial charge in [-0.05, 0) is 164 Å². The van der Waals surface area contributed by atoms with Crippen LogP contribution in [0.3, 0.4) is 0 Å². The number of likely N-dealkylation sites (N-methyl/N-ethyl adjacent to an activating group) is 2. The Morgan fingerprint density at radius 1 is 0.572 bits per heavy atom. The molecule has 1 saturated heterocycles. The van der Waals surface area contributed by atoms with Gasteiger partial charge in [0.1, 0.15) is 56.1 Å². The topological polar surface area (TPSA) is 565 Å². The zero-order valence-corrected chi connectivity index (χ0v) is 83.8. The molecule has 2 aromatic heterocycles. The normalized spacial score (nSPS) is 18.4. The van der Waals surface area contributed by atoms with Gasteiger partial charge in [0.25, 0.3) is 29.3 Å². The second-order valence-corrected chi connectivity index (χ2v) is 37.7. The SMILES string of the molecule is CC[C@H](C)[C@@H]([C@@H](CC(=O)N1CCC[C@H]1[C@H](OC)[C@@H](C)C(=O)N[C@H](C)[C@@H](O)c1ccccc1)OC)N(C)C(=O)[C@@H](CC(=O)[C@H](C(C)C)N(C)C(=O)OCc1ccc(OCc2cnc([N+](=O)[O-])n2C)c(NC(=O)CNC(=O)C2CCC(CN3C(=O)C=CC3=O)CC2)c1)C(C)C.Cn1c(COc2ccc(COC(=O)Oc3ccc([N+](=O)[O-])cc3)cc2NC(=O)CNC(=O)C2CCC(CN3C(=O)C=CC3=O)CC2)cnc1[N+](=O)[O-]. The summed E-state index contributed by atoms with van der Waals surface area (Å²) in [4.78, 5) is 231. The average Bonchev–Trinajstić information content (AvgIpc) is 1.72. The number of nitrogens with zero attached hydrogens (tertiary/aromatic N) is 12. The van der Waals surface area contributed by atoms with Crippen molar-refractivity contribution < 1.29 is 120 Å². The first kappa shape index (κ1) is 112. The van der Waals surface area contributed by atoms with Gasteiger partial charge in [-0.15, -0.1) is 0 Å². The van der Waals surface area contributed by atoms with Crippen molar-refractivity contribution in [3.8, 4) is 17.2 Å². The molecule has 45 heteroatoms. The van der Waals surface area contributed by atoms with Crippen LogP contribution >= 0.6 is 0 Å². The molecule has 0 bridgehead atoms. The first-order valence-electron chi connectivity index (χ1n) is 48.2. The summed E-state index contributed by atoms with van der Waals surface area (Å²) in [5.41, 5.74) is 2.23. The van der Waals surface area contributed by atoms with Crippen LogP contribution in [0.1, 0.15) is 173 Å². The number of non-ortho nitro benzene ring substituents is 1. The van der Waals surface area contributed by atoms with E-state index < -0.39 is 123 Å². The molecule has 0 unspecified atom stereocenters. The molecule has 0 spiro atoms. The number of hydrogen-bond acceptors (Lipinski definition) is 30. The second kappa shape index (κ2) is 52.5. The Balaban J connectivity index is 0.000000348. The highest BCUT2D eigenvalue weighted by Crippen LogP contribution is 2.38. The van der Waals surface area contributed by atoms with Gasteiger partial charge < -0.3 is 99.8 Å². The van der Waals surface area contributed by atoms with Crippen molar-refractivity contribution in [2.24, 2.45) is 67.4 Å². The molecule has 45 nitrogen and oxygen atoms in total. The number of aromatic nitrogens is 4. The van der Waals surface area contributed by atoms with E-state index in [0.29, 0.717) is 112 Å². The summed E-state index contributed by atoms with van der Waals surface area (Å²) in [7, 11) is 9.03. The van der Waals surface area contributed by atoms with Gasteiger partial charge in [0.15, 0.2) is 17.2 Å². The van der Waals surface area contributed by atoms with E-state index in [1.54, 1.807) is 68.8 Å². The first-order chi connectivity index (χ1) is 69.0. The molecule has 12 amide bonds. The Morgan fingerprint density at radius 3 is 1.49 bits per heavy atom. The molecule has 145 heavy (non-hydrogen) atoms. The summed E-state index contributed by atoms with van der Waals surface area (Å²) >= 11 is 0. The molecule has 6 aromatic rings. The van der Waals surface area contributed by atoms with E-state index in [4.69, 9.17) is 33.2 Å². The number of amides is 12. The number of nitrogens with one attached hydrogen (secondary N) is 5. The van der Waals surface area contributed by atoms with Crippen molar-refractivity contribution in [3.05, 3.63) is 186 Å². The maximum Gasteiger partial charge on any atom is 0.514 e. The van der Waals surface area contributed by atoms with Gasteiger partial charge in [-0.25, -0.2) is 18.7 Å². The molecule has 4 aromatic carbocycles. The zero-order chi connectivity index (χ0) is 106. The molecule has 10 atom stereocenters. The predicted octanol–water partition coefficient (Wildman–Crippen LogP) is 9.99. The van der Waals surface area contributed by atoms with Gasteiger partial charge in [-0.3, -0.25) is 77.4 Å². The number of ketones is 1. The molecule has 3 aliphatic heterocycles. The number of imide groups is 2. The van der Waals surface area contributed by atoms with Gasteiger partial charge in [0.2, 0.25) is 41.4 Å². The third-order valence-electron chi connectivity index (χ3n) is 27.2.